The minimum absolute atomic E-state index is 0.104. The number of halogens is 1. The van der Waals surface area contributed by atoms with Gasteiger partial charge >= 0.3 is 0 Å². The van der Waals surface area contributed by atoms with Crippen molar-refractivity contribution in [2.75, 3.05) is 0 Å². The van der Waals surface area contributed by atoms with Crippen LogP contribution < -0.4 is 5.32 Å². The molecule has 1 N–H and O–H groups in total. The van der Waals surface area contributed by atoms with Crippen LogP contribution in [0.1, 0.15) is 33.9 Å². The third-order valence-electron chi connectivity index (χ3n) is 8.41. The Bertz CT molecular complexity index is 2020. The molecular formula is C38H27ClN2. The number of hydrogen-bond donors (Lipinski definition) is 1. The summed E-state index contributed by atoms with van der Waals surface area (Å²) in [5.41, 5.74) is 9.46. The maximum Gasteiger partial charge on any atom is 0.133 e. The minimum Gasteiger partial charge on any atom is -0.340 e. The molecular weight excluding hydrogens is 520 g/mol. The van der Waals surface area contributed by atoms with E-state index < -0.39 is 0 Å². The van der Waals surface area contributed by atoms with Crippen molar-refractivity contribution in [2.45, 2.75) is 18.9 Å². The maximum absolute atomic E-state index is 6.84. The third kappa shape index (κ3) is 4.23. The Balaban J connectivity index is 1.28. The summed E-state index contributed by atoms with van der Waals surface area (Å²) in [6.45, 7) is 0. The van der Waals surface area contributed by atoms with E-state index in [4.69, 9.17) is 16.6 Å². The van der Waals surface area contributed by atoms with Gasteiger partial charge in [0.2, 0.25) is 0 Å². The van der Waals surface area contributed by atoms with Crippen molar-refractivity contribution in [1.82, 2.24) is 5.32 Å². The molecule has 6 aromatic rings. The van der Waals surface area contributed by atoms with E-state index >= 15 is 0 Å². The lowest BCUT2D eigenvalue weighted by Gasteiger charge is -2.24. The van der Waals surface area contributed by atoms with E-state index in [1.165, 1.54) is 38.2 Å². The lowest BCUT2D eigenvalue weighted by molar-refractivity contribution is 0.880. The third-order valence-corrected chi connectivity index (χ3v) is 8.63. The maximum atomic E-state index is 6.84. The highest BCUT2D eigenvalue weighted by atomic mass is 35.5. The molecule has 0 aromatic heterocycles. The Morgan fingerprint density at radius 3 is 2.22 bits per heavy atom. The average Bonchev–Trinajstić information content (AvgIpc) is 3.04. The van der Waals surface area contributed by atoms with Gasteiger partial charge in [0, 0.05) is 16.3 Å². The first-order valence-corrected chi connectivity index (χ1v) is 14.5. The highest BCUT2D eigenvalue weighted by Gasteiger charge is 2.21. The van der Waals surface area contributed by atoms with Crippen molar-refractivity contribution in [3.63, 3.8) is 0 Å². The van der Waals surface area contributed by atoms with Gasteiger partial charge in [0.15, 0.2) is 0 Å². The fourth-order valence-electron chi connectivity index (χ4n) is 6.48. The second-order valence-electron chi connectivity index (χ2n) is 10.9. The Morgan fingerprint density at radius 1 is 0.634 bits per heavy atom. The second kappa shape index (κ2) is 9.76. The molecule has 2 aliphatic rings. The first-order valence-electron chi connectivity index (χ1n) is 14.2. The van der Waals surface area contributed by atoms with Gasteiger partial charge in [0.25, 0.3) is 0 Å². The van der Waals surface area contributed by atoms with Crippen LogP contribution in [0.25, 0.3) is 38.4 Å². The normalized spacial score (nSPS) is 16.0. The molecule has 1 atom stereocenters. The molecule has 41 heavy (non-hydrogen) atoms. The SMILES string of the molecule is Clc1cc(C2=NC(c3ccccc3)C=C(c3ccccc3)N2)cc(-c2ccc3c4c2ccc2cccc(c24)CC3)c1. The van der Waals surface area contributed by atoms with Gasteiger partial charge in [-0.3, -0.25) is 4.99 Å². The van der Waals surface area contributed by atoms with Crippen molar-refractivity contribution in [2.24, 2.45) is 4.99 Å². The monoisotopic (exact) mass is 546 g/mol. The number of aryl methyl sites for hydroxylation is 2. The Kier molecular flexibility index (Phi) is 5.75. The zero-order valence-corrected chi connectivity index (χ0v) is 23.2. The van der Waals surface area contributed by atoms with Gasteiger partial charge in [-0.05, 0) is 92.0 Å². The molecule has 3 heteroatoms. The average molecular weight is 547 g/mol. The van der Waals surface area contributed by atoms with Gasteiger partial charge in [0.1, 0.15) is 5.84 Å². The highest BCUT2D eigenvalue weighted by Crippen LogP contribution is 2.41. The first kappa shape index (κ1) is 24.2. The van der Waals surface area contributed by atoms with Crippen LogP contribution in [0.4, 0.5) is 0 Å². The molecule has 0 spiro atoms. The predicted molar refractivity (Wildman–Crippen MR) is 173 cm³/mol. The Hall–Kier alpha value is -4.66. The molecule has 0 amide bonds. The summed E-state index contributed by atoms with van der Waals surface area (Å²) in [6.07, 6.45) is 4.37. The van der Waals surface area contributed by atoms with Crippen LogP contribution in [0.15, 0.2) is 132 Å². The molecule has 0 radical (unpaired) electrons. The van der Waals surface area contributed by atoms with Crippen molar-refractivity contribution in [1.29, 1.82) is 0 Å². The quantitative estimate of drug-likeness (QED) is 0.219. The summed E-state index contributed by atoms with van der Waals surface area (Å²) in [5, 5.41) is 9.70. The van der Waals surface area contributed by atoms with Gasteiger partial charge in [-0.2, -0.15) is 0 Å². The fraction of sp³-hybridized carbons (Fsp3) is 0.0789. The Morgan fingerprint density at radius 2 is 1.39 bits per heavy atom. The molecule has 1 unspecified atom stereocenters. The molecule has 196 valence electrons. The minimum atomic E-state index is -0.104. The summed E-state index contributed by atoms with van der Waals surface area (Å²) in [5.74, 6) is 0.818. The zero-order valence-electron chi connectivity index (χ0n) is 22.4. The lowest BCUT2D eigenvalue weighted by Crippen LogP contribution is -2.27. The molecule has 8 rings (SSSR count). The van der Waals surface area contributed by atoms with Crippen LogP contribution in [0, 0.1) is 0 Å². The van der Waals surface area contributed by atoms with E-state index in [-0.39, 0.29) is 6.04 Å². The number of aliphatic imine (C=N–C) groups is 1. The van der Waals surface area contributed by atoms with Crippen LogP contribution in [0.3, 0.4) is 0 Å². The molecule has 1 aliphatic carbocycles. The van der Waals surface area contributed by atoms with Gasteiger partial charge in [-0.15, -0.1) is 0 Å². The van der Waals surface area contributed by atoms with E-state index in [1.807, 2.05) is 18.2 Å². The fourth-order valence-corrected chi connectivity index (χ4v) is 6.71. The second-order valence-corrected chi connectivity index (χ2v) is 11.3. The molecule has 0 fully saturated rings. The van der Waals surface area contributed by atoms with Gasteiger partial charge < -0.3 is 5.32 Å². The largest absolute Gasteiger partial charge is 0.340 e. The van der Waals surface area contributed by atoms with Crippen molar-refractivity contribution in [3.05, 3.63) is 160 Å². The highest BCUT2D eigenvalue weighted by molar-refractivity contribution is 6.31. The summed E-state index contributed by atoms with van der Waals surface area (Å²) >= 11 is 6.84. The number of rotatable bonds is 4. The van der Waals surface area contributed by atoms with E-state index in [1.54, 1.807) is 0 Å². The molecule has 2 nitrogen and oxygen atoms in total. The van der Waals surface area contributed by atoms with Crippen molar-refractivity contribution >= 4 is 44.7 Å². The molecule has 0 saturated heterocycles. The number of hydrogen-bond acceptors (Lipinski definition) is 2. The molecule has 1 heterocycles. The lowest BCUT2D eigenvalue weighted by atomic mass is 9.83. The van der Waals surface area contributed by atoms with E-state index in [9.17, 15) is 0 Å². The smallest absolute Gasteiger partial charge is 0.133 e. The molecule has 0 saturated carbocycles. The van der Waals surface area contributed by atoms with Crippen LogP contribution in [0.2, 0.25) is 5.02 Å². The van der Waals surface area contributed by atoms with Crippen LogP contribution in [-0.2, 0) is 12.8 Å². The Labute approximate surface area is 244 Å². The molecule has 1 aliphatic heterocycles. The van der Waals surface area contributed by atoms with Crippen LogP contribution in [-0.4, -0.2) is 5.84 Å². The van der Waals surface area contributed by atoms with E-state index in [0.717, 1.165) is 46.6 Å². The molecule has 0 bridgehead atoms. The van der Waals surface area contributed by atoms with Gasteiger partial charge in [-0.1, -0.05) is 115 Å². The van der Waals surface area contributed by atoms with Gasteiger partial charge in [0.05, 0.1) is 6.04 Å². The number of nitrogens with one attached hydrogen (secondary N) is 1. The predicted octanol–water partition coefficient (Wildman–Crippen LogP) is 9.54. The topological polar surface area (TPSA) is 24.4 Å². The van der Waals surface area contributed by atoms with E-state index in [0.29, 0.717) is 5.02 Å². The molecule has 6 aromatic carbocycles. The summed E-state index contributed by atoms with van der Waals surface area (Å²) in [6, 6.07) is 42.9. The van der Waals surface area contributed by atoms with Crippen LogP contribution >= 0.6 is 11.6 Å². The first-order chi connectivity index (χ1) is 20.2. The van der Waals surface area contributed by atoms with Crippen molar-refractivity contribution in [3.8, 4) is 11.1 Å². The summed E-state index contributed by atoms with van der Waals surface area (Å²) in [4.78, 5) is 5.18. The zero-order chi connectivity index (χ0) is 27.3. The number of benzene rings is 6. The van der Waals surface area contributed by atoms with Crippen LogP contribution in [0.5, 0.6) is 0 Å². The summed E-state index contributed by atoms with van der Waals surface area (Å²) < 4.78 is 0. The van der Waals surface area contributed by atoms with E-state index in [2.05, 4.69) is 115 Å². The number of amidine groups is 1. The number of nitrogens with zero attached hydrogens (tertiary/aromatic N) is 1. The van der Waals surface area contributed by atoms with Gasteiger partial charge in [-0.25, -0.2) is 0 Å². The van der Waals surface area contributed by atoms with Crippen molar-refractivity contribution < 1.29 is 0 Å². The summed E-state index contributed by atoms with van der Waals surface area (Å²) in [7, 11) is 0. The standard InChI is InChI=1S/C38H27ClN2/c39-31-21-29(32-18-16-28-15-14-26-12-7-13-27-17-19-33(32)37(28)36(26)27)20-30(22-31)38-40-34(24-8-3-1-4-9-24)23-35(41-38)25-10-5-2-6-11-25/h1-13,16-23,34H,14-15H2,(H,40,41).